The maximum atomic E-state index is 11.0. The third-order valence-electron chi connectivity index (χ3n) is 2.22. The Labute approximate surface area is 121 Å². The first-order valence-electron chi connectivity index (χ1n) is 5.15. The molecule has 0 aliphatic carbocycles. The Morgan fingerprint density at radius 3 is 2.90 bits per heavy atom. The quantitative estimate of drug-likeness (QED) is 0.673. The number of benzene rings is 1. The van der Waals surface area contributed by atoms with Crippen LogP contribution < -0.4 is 10.5 Å². The van der Waals surface area contributed by atoms with Crippen LogP contribution >= 0.6 is 15.9 Å². The lowest BCUT2D eigenvalue weighted by Crippen LogP contribution is -1.99. The number of ether oxygens (including phenoxy) is 1. The lowest BCUT2D eigenvalue weighted by Gasteiger charge is -2.07. The first-order chi connectivity index (χ1) is 9.51. The number of aromatic nitrogens is 2. The molecule has 0 radical (unpaired) electrons. The number of hydrogen-bond acceptors (Lipinski definition) is 7. The number of nitrogens with zero attached hydrogens (tertiary/aromatic N) is 4. The van der Waals surface area contributed by atoms with Crippen molar-refractivity contribution >= 4 is 27.6 Å². The lowest BCUT2D eigenvalue weighted by molar-refractivity contribution is -0.385. The van der Waals surface area contributed by atoms with Gasteiger partial charge in [-0.2, -0.15) is 10.2 Å². The van der Waals surface area contributed by atoms with E-state index >= 15 is 0 Å². The van der Waals surface area contributed by atoms with Crippen molar-refractivity contribution < 1.29 is 9.66 Å². The predicted molar refractivity (Wildman–Crippen MR) is 72.0 cm³/mol. The molecule has 2 N–H and O–H groups in total. The molecular weight excluding hydrogens is 330 g/mol. The van der Waals surface area contributed by atoms with E-state index in [1.807, 2.05) is 6.07 Å². The Morgan fingerprint density at radius 2 is 2.25 bits per heavy atom. The zero-order chi connectivity index (χ0) is 14.7. The molecular formula is C11H6BrN5O3. The Kier molecular flexibility index (Phi) is 3.76. The SMILES string of the molecule is N#Cc1ccc(Oc2nc(N)ncc2Br)c([N+](=O)[O-])c1. The van der Waals surface area contributed by atoms with Crippen molar-refractivity contribution in [2.45, 2.75) is 0 Å². The summed E-state index contributed by atoms with van der Waals surface area (Å²) in [6, 6.07) is 5.66. The molecule has 0 fully saturated rings. The van der Waals surface area contributed by atoms with E-state index in [-0.39, 0.29) is 28.8 Å². The highest BCUT2D eigenvalue weighted by atomic mass is 79.9. The first-order valence-corrected chi connectivity index (χ1v) is 5.95. The van der Waals surface area contributed by atoms with E-state index in [4.69, 9.17) is 15.7 Å². The summed E-state index contributed by atoms with van der Waals surface area (Å²) in [4.78, 5) is 17.9. The highest BCUT2D eigenvalue weighted by molar-refractivity contribution is 9.10. The van der Waals surface area contributed by atoms with E-state index in [9.17, 15) is 10.1 Å². The number of nitro benzene ring substituents is 1. The summed E-state index contributed by atoms with van der Waals surface area (Å²) < 4.78 is 5.75. The molecule has 0 atom stereocenters. The maximum absolute atomic E-state index is 11.0. The molecule has 20 heavy (non-hydrogen) atoms. The van der Waals surface area contributed by atoms with Gasteiger partial charge in [-0.25, -0.2) is 4.98 Å². The molecule has 0 saturated heterocycles. The van der Waals surface area contributed by atoms with Crippen LogP contribution in [-0.2, 0) is 0 Å². The van der Waals surface area contributed by atoms with E-state index in [1.165, 1.54) is 18.3 Å². The van der Waals surface area contributed by atoms with Crippen molar-refractivity contribution in [2.24, 2.45) is 0 Å². The van der Waals surface area contributed by atoms with E-state index in [0.717, 1.165) is 6.07 Å². The van der Waals surface area contributed by atoms with Crippen LogP contribution in [0.3, 0.4) is 0 Å². The predicted octanol–water partition coefficient (Wildman–Crippen LogP) is 2.39. The van der Waals surface area contributed by atoms with E-state index in [0.29, 0.717) is 4.47 Å². The van der Waals surface area contributed by atoms with Crippen LogP contribution in [0.2, 0.25) is 0 Å². The summed E-state index contributed by atoms with van der Waals surface area (Å²) in [5, 5.41) is 19.7. The summed E-state index contributed by atoms with van der Waals surface area (Å²) in [5.41, 5.74) is 5.24. The zero-order valence-electron chi connectivity index (χ0n) is 9.78. The molecule has 0 unspecified atom stereocenters. The number of nitriles is 1. The molecule has 9 heteroatoms. The average Bonchev–Trinajstić information content (AvgIpc) is 2.43. The molecule has 0 spiro atoms. The van der Waals surface area contributed by atoms with Gasteiger partial charge in [0.15, 0.2) is 0 Å². The van der Waals surface area contributed by atoms with Gasteiger partial charge in [0.25, 0.3) is 0 Å². The van der Waals surface area contributed by atoms with Crippen LogP contribution in [0.5, 0.6) is 11.6 Å². The standard InChI is InChI=1S/C11H6BrN5O3/c12-7-5-15-11(14)16-10(7)20-9-2-1-6(4-13)3-8(9)17(18)19/h1-3,5H,(H2,14,15,16). The fourth-order valence-electron chi connectivity index (χ4n) is 1.36. The molecule has 0 aliphatic heterocycles. The number of nitro groups is 1. The number of nitrogens with two attached hydrogens (primary N) is 1. The van der Waals surface area contributed by atoms with Gasteiger partial charge < -0.3 is 10.5 Å². The minimum absolute atomic E-state index is 0.0282. The highest BCUT2D eigenvalue weighted by Crippen LogP contribution is 2.34. The lowest BCUT2D eigenvalue weighted by atomic mass is 10.2. The number of hydrogen-bond donors (Lipinski definition) is 1. The summed E-state index contributed by atoms with van der Waals surface area (Å²) in [5.74, 6) is -0.0300. The third-order valence-corrected chi connectivity index (χ3v) is 2.77. The first kappa shape index (κ1) is 13.7. The van der Waals surface area contributed by atoms with Gasteiger partial charge in [0, 0.05) is 6.07 Å². The van der Waals surface area contributed by atoms with Crippen LogP contribution in [0.15, 0.2) is 28.9 Å². The van der Waals surface area contributed by atoms with Gasteiger partial charge in [-0.05, 0) is 28.1 Å². The molecule has 100 valence electrons. The van der Waals surface area contributed by atoms with E-state index < -0.39 is 4.92 Å². The normalized spacial score (nSPS) is 9.80. The van der Waals surface area contributed by atoms with Crippen LogP contribution in [0.1, 0.15) is 5.56 Å². The zero-order valence-corrected chi connectivity index (χ0v) is 11.4. The number of anilines is 1. The van der Waals surface area contributed by atoms with E-state index in [1.54, 1.807) is 0 Å². The Morgan fingerprint density at radius 1 is 1.50 bits per heavy atom. The topological polar surface area (TPSA) is 128 Å². The molecule has 1 heterocycles. The summed E-state index contributed by atoms with van der Waals surface area (Å²) >= 11 is 3.15. The van der Waals surface area contributed by atoms with Gasteiger partial charge in [0.05, 0.1) is 27.2 Å². The van der Waals surface area contributed by atoms with Gasteiger partial charge in [-0.15, -0.1) is 0 Å². The Hall–Kier alpha value is -2.73. The second kappa shape index (κ2) is 5.50. The number of halogens is 1. The Balaban J connectivity index is 2.46. The monoisotopic (exact) mass is 335 g/mol. The molecule has 2 aromatic rings. The fraction of sp³-hybridized carbons (Fsp3) is 0. The van der Waals surface area contributed by atoms with Gasteiger partial charge in [-0.3, -0.25) is 10.1 Å². The van der Waals surface area contributed by atoms with Crippen molar-refractivity contribution in [3.63, 3.8) is 0 Å². The third kappa shape index (κ3) is 2.81. The molecule has 0 amide bonds. The highest BCUT2D eigenvalue weighted by Gasteiger charge is 2.18. The molecule has 8 nitrogen and oxygen atoms in total. The van der Waals surface area contributed by atoms with Crippen molar-refractivity contribution in [1.82, 2.24) is 9.97 Å². The second-order valence-electron chi connectivity index (χ2n) is 3.53. The number of rotatable bonds is 3. The number of nitrogen functional groups attached to an aromatic ring is 1. The molecule has 0 bridgehead atoms. The summed E-state index contributed by atoms with van der Waals surface area (Å²) in [6.45, 7) is 0. The van der Waals surface area contributed by atoms with E-state index in [2.05, 4.69) is 25.9 Å². The molecule has 0 saturated carbocycles. The van der Waals surface area contributed by atoms with Crippen LogP contribution in [0.25, 0.3) is 0 Å². The van der Waals surface area contributed by atoms with Crippen LogP contribution in [-0.4, -0.2) is 14.9 Å². The van der Waals surface area contributed by atoms with Gasteiger partial charge in [-0.1, -0.05) is 0 Å². The summed E-state index contributed by atoms with van der Waals surface area (Å²) in [6.07, 6.45) is 1.37. The van der Waals surface area contributed by atoms with Gasteiger partial charge in [0.2, 0.25) is 17.6 Å². The molecule has 0 aliphatic rings. The second-order valence-corrected chi connectivity index (χ2v) is 4.39. The van der Waals surface area contributed by atoms with Crippen LogP contribution in [0.4, 0.5) is 11.6 Å². The van der Waals surface area contributed by atoms with Crippen molar-refractivity contribution in [3.05, 3.63) is 44.5 Å². The van der Waals surface area contributed by atoms with Gasteiger partial charge >= 0.3 is 5.69 Å². The maximum Gasteiger partial charge on any atom is 0.312 e. The smallest absolute Gasteiger partial charge is 0.312 e. The minimum atomic E-state index is -0.644. The van der Waals surface area contributed by atoms with Crippen molar-refractivity contribution in [3.8, 4) is 17.7 Å². The molecule has 2 rings (SSSR count). The molecule has 1 aromatic heterocycles. The molecule has 1 aromatic carbocycles. The van der Waals surface area contributed by atoms with Crippen molar-refractivity contribution in [2.75, 3.05) is 5.73 Å². The van der Waals surface area contributed by atoms with Crippen molar-refractivity contribution in [1.29, 1.82) is 5.26 Å². The van der Waals surface area contributed by atoms with Gasteiger partial charge in [0.1, 0.15) is 0 Å². The summed E-state index contributed by atoms with van der Waals surface area (Å²) in [7, 11) is 0. The average molecular weight is 336 g/mol. The Bertz CT molecular complexity index is 728. The fourth-order valence-corrected chi connectivity index (χ4v) is 1.63. The minimum Gasteiger partial charge on any atom is -0.430 e. The van der Waals surface area contributed by atoms with Crippen LogP contribution in [0, 0.1) is 21.4 Å². The largest absolute Gasteiger partial charge is 0.430 e.